The summed E-state index contributed by atoms with van der Waals surface area (Å²) in [6.07, 6.45) is 0.761. The van der Waals surface area contributed by atoms with E-state index in [1.807, 2.05) is 0 Å². The molecule has 4 atom stereocenters. The fourth-order valence-electron chi connectivity index (χ4n) is 2.02. The molecule has 0 aliphatic carbocycles. The molecule has 0 aromatic carbocycles. The summed E-state index contributed by atoms with van der Waals surface area (Å²) >= 11 is 0. The van der Waals surface area contributed by atoms with Crippen molar-refractivity contribution in [2.75, 3.05) is 14.1 Å². The molecule has 2 heteroatoms. The maximum Gasteiger partial charge on any atom is 0.112 e. The van der Waals surface area contributed by atoms with Crippen LogP contribution in [0.3, 0.4) is 0 Å². The van der Waals surface area contributed by atoms with Crippen LogP contribution in [-0.2, 0) is 4.74 Å². The van der Waals surface area contributed by atoms with Crippen molar-refractivity contribution >= 4 is 0 Å². The molecule has 0 radical (unpaired) electrons. The van der Waals surface area contributed by atoms with Gasteiger partial charge in [0, 0.05) is 0 Å². The van der Waals surface area contributed by atoms with Crippen molar-refractivity contribution in [3.63, 3.8) is 0 Å². The standard InChI is InChI=1S/C10H22NO/c1-7-9(3)12-10(4)8(2)11(7,5)6/h7-10H,1-6H3/q+1. The lowest BCUT2D eigenvalue weighted by molar-refractivity contribution is -0.950. The molecule has 1 saturated heterocycles. The number of hydrogen-bond donors (Lipinski definition) is 0. The lowest BCUT2D eigenvalue weighted by Gasteiger charge is -2.50. The second kappa shape index (κ2) is 3.00. The molecule has 0 aromatic heterocycles. The van der Waals surface area contributed by atoms with E-state index in [0.29, 0.717) is 24.3 Å². The van der Waals surface area contributed by atoms with Gasteiger partial charge < -0.3 is 9.22 Å². The highest BCUT2D eigenvalue weighted by atomic mass is 16.5. The van der Waals surface area contributed by atoms with Gasteiger partial charge in [0.15, 0.2) is 0 Å². The molecule has 0 N–H and O–H groups in total. The zero-order valence-corrected chi connectivity index (χ0v) is 9.16. The van der Waals surface area contributed by atoms with Crippen LogP contribution in [0.4, 0.5) is 0 Å². The molecule has 12 heavy (non-hydrogen) atoms. The van der Waals surface area contributed by atoms with Crippen LogP contribution in [0.1, 0.15) is 27.7 Å². The third-order valence-electron chi connectivity index (χ3n) is 3.89. The van der Waals surface area contributed by atoms with Crippen LogP contribution in [0.2, 0.25) is 0 Å². The average molecular weight is 172 g/mol. The molecule has 2 nitrogen and oxygen atoms in total. The number of nitrogens with zero attached hydrogens (tertiary/aromatic N) is 1. The van der Waals surface area contributed by atoms with Crippen molar-refractivity contribution in [2.24, 2.45) is 0 Å². The van der Waals surface area contributed by atoms with Crippen LogP contribution in [0, 0.1) is 0 Å². The van der Waals surface area contributed by atoms with Gasteiger partial charge in [-0.2, -0.15) is 0 Å². The van der Waals surface area contributed by atoms with Crippen LogP contribution in [0.25, 0.3) is 0 Å². The van der Waals surface area contributed by atoms with E-state index < -0.39 is 0 Å². The Bertz CT molecular complexity index is 151. The molecule has 0 spiro atoms. The number of hydrogen-bond acceptors (Lipinski definition) is 1. The van der Waals surface area contributed by atoms with Gasteiger partial charge in [-0.05, 0) is 27.7 Å². The van der Waals surface area contributed by atoms with Gasteiger partial charge in [-0.25, -0.2) is 0 Å². The molecule has 1 heterocycles. The average Bonchev–Trinajstić information content (AvgIpc) is 1.99. The fraction of sp³-hybridized carbons (Fsp3) is 1.00. The lowest BCUT2D eigenvalue weighted by atomic mass is 10.0. The van der Waals surface area contributed by atoms with Gasteiger partial charge in [0.25, 0.3) is 0 Å². The summed E-state index contributed by atoms with van der Waals surface area (Å²) in [6, 6.07) is 1.19. The van der Waals surface area contributed by atoms with Gasteiger partial charge in [0.05, 0.1) is 14.1 Å². The Labute approximate surface area is 76.1 Å². The normalized spacial score (nSPS) is 47.5. The van der Waals surface area contributed by atoms with E-state index in [-0.39, 0.29) is 0 Å². The molecule has 1 aliphatic heterocycles. The molecule has 1 aliphatic rings. The molecule has 72 valence electrons. The van der Waals surface area contributed by atoms with Crippen molar-refractivity contribution in [3.8, 4) is 0 Å². The van der Waals surface area contributed by atoms with Gasteiger partial charge in [0.2, 0.25) is 0 Å². The van der Waals surface area contributed by atoms with E-state index in [2.05, 4.69) is 41.8 Å². The second-order valence-electron chi connectivity index (χ2n) is 4.66. The number of ether oxygens (including phenoxy) is 1. The Morgan fingerprint density at radius 1 is 0.833 bits per heavy atom. The highest BCUT2D eigenvalue weighted by molar-refractivity contribution is 4.75. The molecular weight excluding hydrogens is 150 g/mol. The third kappa shape index (κ3) is 1.38. The highest BCUT2D eigenvalue weighted by Gasteiger charge is 2.43. The fourth-order valence-corrected chi connectivity index (χ4v) is 2.02. The van der Waals surface area contributed by atoms with Gasteiger partial charge in [-0.3, -0.25) is 0 Å². The van der Waals surface area contributed by atoms with Gasteiger partial charge in [-0.15, -0.1) is 0 Å². The molecule has 0 amide bonds. The molecule has 0 bridgehead atoms. The van der Waals surface area contributed by atoms with Crippen molar-refractivity contribution in [2.45, 2.75) is 52.0 Å². The first kappa shape index (κ1) is 10.0. The predicted molar refractivity (Wildman–Crippen MR) is 51.0 cm³/mol. The number of morpholine rings is 1. The summed E-state index contributed by atoms with van der Waals surface area (Å²) in [5.74, 6) is 0. The molecule has 1 rings (SSSR count). The van der Waals surface area contributed by atoms with Gasteiger partial charge in [0.1, 0.15) is 24.3 Å². The maximum atomic E-state index is 5.83. The van der Waals surface area contributed by atoms with E-state index in [4.69, 9.17) is 4.74 Å². The zero-order chi connectivity index (χ0) is 9.52. The Morgan fingerprint density at radius 2 is 1.17 bits per heavy atom. The number of quaternary nitrogens is 1. The van der Waals surface area contributed by atoms with E-state index in [1.165, 1.54) is 0 Å². The molecule has 1 fully saturated rings. The Kier molecular flexibility index (Phi) is 2.50. The van der Waals surface area contributed by atoms with Gasteiger partial charge in [-0.1, -0.05) is 0 Å². The minimum absolute atomic E-state index is 0.381. The number of rotatable bonds is 0. The lowest BCUT2D eigenvalue weighted by Crippen LogP contribution is -2.65. The first-order valence-electron chi connectivity index (χ1n) is 4.86. The van der Waals surface area contributed by atoms with Crippen molar-refractivity contribution < 1.29 is 9.22 Å². The Hall–Kier alpha value is -0.0800. The van der Waals surface area contributed by atoms with E-state index in [0.717, 1.165) is 4.48 Å². The first-order valence-corrected chi connectivity index (χ1v) is 4.86. The topological polar surface area (TPSA) is 9.23 Å². The smallest absolute Gasteiger partial charge is 0.112 e. The predicted octanol–water partition coefficient (Wildman–Crippen LogP) is 1.65. The summed E-state index contributed by atoms with van der Waals surface area (Å²) < 4.78 is 6.90. The van der Waals surface area contributed by atoms with Crippen molar-refractivity contribution in [1.82, 2.24) is 0 Å². The van der Waals surface area contributed by atoms with Crippen molar-refractivity contribution in [1.29, 1.82) is 0 Å². The Balaban J connectivity index is 2.82. The van der Waals surface area contributed by atoms with Crippen LogP contribution < -0.4 is 0 Å². The first-order chi connectivity index (χ1) is 5.37. The van der Waals surface area contributed by atoms with Crippen LogP contribution in [0.15, 0.2) is 0 Å². The Morgan fingerprint density at radius 3 is 1.50 bits per heavy atom. The summed E-state index contributed by atoms with van der Waals surface area (Å²) in [5, 5.41) is 0. The van der Waals surface area contributed by atoms with Gasteiger partial charge >= 0.3 is 0 Å². The summed E-state index contributed by atoms with van der Waals surface area (Å²) in [4.78, 5) is 0. The summed E-state index contributed by atoms with van der Waals surface area (Å²) in [7, 11) is 4.59. The van der Waals surface area contributed by atoms with E-state index in [9.17, 15) is 0 Å². The molecule has 4 unspecified atom stereocenters. The maximum absolute atomic E-state index is 5.83. The van der Waals surface area contributed by atoms with Crippen LogP contribution in [0.5, 0.6) is 0 Å². The largest absolute Gasteiger partial charge is 0.363 e. The van der Waals surface area contributed by atoms with Crippen molar-refractivity contribution in [3.05, 3.63) is 0 Å². The number of likely N-dealkylation sites (N-methyl/N-ethyl adjacent to an activating group) is 1. The van der Waals surface area contributed by atoms with Crippen LogP contribution in [-0.4, -0.2) is 42.9 Å². The molecule has 0 saturated carbocycles. The highest BCUT2D eigenvalue weighted by Crippen LogP contribution is 2.27. The minimum Gasteiger partial charge on any atom is -0.363 e. The SMILES string of the molecule is CC1OC(C)C(C)[N+](C)(C)C1C. The van der Waals surface area contributed by atoms with E-state index >= 15 is 0 Å². The quantitative estimate of drug-likeness (QED) is 0.505. The summed E-state index contributed by atoms with van der Waals surface area (Å²) in [6.45, 7) is 8.89. The minimum atomic E-state index is 0.381. The molecular formula is C10H22NO+. The van der Waals surface area contributed by atoms with Crippen LogP contribution >= 0.6 is 0 Å². The molecule has 0 aromatic rings. The summed E-state index contributed by atoms with van der Waals surface area (Å²) in [5.41, 5.74) is 0. The zero-order valence-electron chi connectivity index (χ0n) is 9.16. The third-order valence-corrected chi connectivity index (χ3v) is 3.89. The van der Waals surface area contributed by atoms with E-state index in [1.54, 1.807) is 0 Å². The second-order valence-corrected chi connectivity index (χ2v) is 4.66. The monoisotopic (exact) mass is 172 g/mol.